The van der Waals surface area contributed by atoms with Gasteiger partial charge in [-0.05, 0) is 49.2 Å². The molecule has 0 radical (unpaired) electrons. The third-order valence-corrected chi connectivity index (χ3v) is 6.26. The molecule has 6 nitrogen and oxygen atoms in total. The zero-order valence-electron chi connectivity index (χ0n) is 20.2. The van der Waals surface area contributed by atoms with Crippen molar-refractivity contribution in [1.82, 2.24) is 9.78 Å². The summed E-state index contributed by atoms with van der Waals surface area (Å²) in [4.78, 5) is 25.6. The zero-order chi connectivity index (χ0) is 26.5. The quantitative estimate of drug-likeness (QED) is 0.354. The van der Waals surface area contributed by atoms with E-state index in [1.54, 1.807) is 23.0 Å². The van der Waals surface area contributed by atoms with Gasteiger partial charge in [0.15, 0.2) is 0 Å². The fourth-order valence-electron chi connectivity index (χ4n) is 4.02. The van der Waals surface area contributed by atoms with Crippen LogP contribution in [0, 0.1) is 5.82 Å². The number of alkyl halides is 3. The fourth-order valence-corrected chi connectivity index (χ4v) is 4.02. The second-order valence-electron chi connectivity index (χ2n) is 9.85. The molecule has 0 saturated heterocycles. The molecule has 1 N–H and O–H groups in total. The molecule has 0 atom stereocenters. The van der Waals surface area contributed by atoms with Gasteiger partial charge in [-0.15, -0.1) is 0 Å². The predicted octanol–water partition coefficient (Wildman–Crippen LogP) is 5.78. The normalized spacial score (nSPS) is 14.9. The Bertz CT molecular complexity index is 1330. The lowest BCUT2D eigenvalue weighted by atomic mass is 9.93. The van der Waals surface area contributed by atoms with Gasteiger partial charge in [0.05, 0.1) is 35.0 Å². The molecule has 1 fully saturated rings. The number of rotatable bonds is 5. The SMILES string of the molecule is COC(=O)c1cc(NC(=O)C2(c3ccc(C(F)(F)F)cc3F)CC2)ccc1-n1ccc(C(C)(C)C)n1. The number of carbonyl (C=O) groups is 2. The van der Waals surface area contributed by atoms with Crippen LogP contribution in [0.3, 0.4) is 0 Å². The number of halogens is 4. The van der Waals surface area contributed by atoms with Crippen molar-refractivity contribution < 1.29 is 31.9 Å². The summed E-state index contributed by atoms with van der Waals surface area (Å²) < 4.78 is 59.8. The van der Waals surface area contributed by atoms with Gasteiger partial charge < -0.3 is 10.1 Å². The third kappa shape index (κ3) is 4.72. The van der Waals surface area contributed by atoms with Crippen molar-refractivity contribution in [2.45, 2.75) is 50.6 Å². The van der Waals surface area contributed by atoms with Crippen LogP contribution in [-0.2, 0) is 26.5 Å². The van der Waals surface area contributed by atoms with Crippen molar-refractivity contribution in [2.24, 2.45) is 0 Å². The van der Waals surface area contributed by atoms with E-state index in [9.17, 15) is 27.2 Å². The van der Waals surface area contributed by atoms with E-state index >= 15 is 0 Å². The summed E-state index contributed by atoms with van der Waals surface area (Å²) in [5, 5.41) is 7.22. The number of anilines is 1. The minimum atomic E-state index is -4.69. The van der Waals surface area contributed by atoms with E-state index in [-0.39, 0.29) is 35.1 Å². The first-order valence-corrected chi connectivity index (χ1v) is 11.2. The first kappa shape index (κ1) is 25.4. The molecule has 0 spiro atoms. The number of methoxy groups -OCH3 is 1. The van der Waals surface area contributed by atoms with E-state index in [4.69, 9.17) is 4.74 Å². The Labute approximate surface area is 205 Å². The molecule has 1 aromatic heterocycles. The van der Waals surface area contributed by atoms with E-state index in [1.165, 1.54) is 13.2 Å². The first-order chi connectivity index (χ1) is 16.8. The first-order valence-electron chi connectivity index (χ1n) is 11.2. The molecule has 4 rings (SSSR count). The number of aromatic nitrogens is 2. The maximum Gasteiger partial charge on any atom is 0.416 e. The van der Waals surface area contributed by atoms with Crippen LogP contribution in [0.4, 0.5) is 23.2 Å². The van der Waals surface area contributed by atoms with Gasteiger partial charge in [0.1, 0.15) is 5.82 Å². The van der Waals surface area contributed by atoms with Crippen molar-refractivity contribution in [3.8, 4) is 5.69 Å². The summed E-state index contributed by atoms with van der Waals surface area (Å²) >= 11 is 0. The number of nitrogens with one attached hydrogen (secondary N) is 1. The number of benzene rings is 2. The van der Waals surface area contributed by atoms with Crippen LogP contribution in [-0.4, -0.2) is 28.8 Å². The Morgan fingerprint density at radius 3 is 2.28 bits per heavy atom. The van der Waals surface area contributed by atoms with Gasteiger partial charge in [-0.3, -0.25) is 4.79 Å². The lowest BCUT2D eigenvalue weighted by molar-refractivity contribution is -0.137. The highest BCUT2D eigenvalue weighted by molar-refractivity contribution is 6.03. The van der Waals surface area contributed by atoms with Gasteiger partial charge >= 0.3 is 12.1 Å². The van der Waals surface area contributed by atoms with E-state index in [2.05, 4.69) is 10.4 Å². The second-order valence-corrected chi connectivity index (χ2v) is 9.85. The van der Waals surface area contributed by atoms with Crippen molar-refractivity contribution in [1.29, 1.82) is 0 Å². The van der Waals surface area contributed by atoms with Gasteiger partial charge in [-0.1, -0.05) is 26.8 Å². The minimum Gasteiger partial charge on any atom is -0.465 e. The molecule has 10 heteroatoms. The van der Waals surface area contributed by atoms with Gasteiger partial charge in [0.2, 0.25) is 5.91 Å². The van der Waals surface area contributed by atoms with Crippen molar-refractivity contribution in [3.63, 3.8) is 0 Å². The highest BCUT2D eigenvalue weighted by Crippen LogP contribution is 2.50. The molecule has 3 aromatic rings. The number of amides is 1. The predicted molar refractivity (Wildman–Crippen MR) is 125 cm³/mol. The summed E-state index contributed by atoms with van der Waals surface area (Å²) in [6.07, 6.45) is -2.41. The number of carbonyl (C=O) groups excluding carboxylic acids is 2. The Balaban J connectivity index is 1.63. The number of esters is 1. The minimum absolute atomic E-state index is 0.0935. The summed E-state index contributed by atoms with van der Waals surface area (Å²) in [5.41, 5.74) is -1.06. The number of ether oxygens (including phenoxy) is 1. The van der Waals surface area contributed by atoms with Crippen LogP contribution in [0.25, 0.3) is 5.69 Å². The molecule has 1 aliphatic rings. The van der Waals surface area contributed by atoms with Crippen LogP contribution < -0.4 is 5.32 Å². The highest BCUT2D eigenvalue weighted by Gasteiger charge is 2.53. The summed E-state index contributed by atoms with van der Waals surface area (Å²) in [7, 11) is 1.23. The van der Waals surface area contributed by atoms with Crippen LogP contribution in [0.5, 0.6) is 0 Å². The van der Waals surface area contributed by atoms with Crippen LogP contribution in [0.15, 0.2) is 48.7 Å². The molecular weight excluding hydrogens is 478 g/mol. The average molecular weight is 503 g/mol. The third-order valence-electron chi connectivity index (χ3n) is 6.26. The smallest absolute Gasteiger partial charge is 0.416 e. The molecular formula is C26H25F4N3O3. The molecule has 0 bridgehead atoms. The van der Waals surface area contributed by atoms with E-state index in [0.717, 1.165) is 17.8 Å². The maximum absolute atomic E-state index is 14.6. The largest absolute Gasteiger partial charge is 0.465 e. The lowest BCUT2D eigenvalue weighted by Crippen LogP contribution is -2.29. The Kier molecular flexibility index (Phi) is 6.18. The molecule has 2 aromatic carbocycles. The Morgan fingerprint density at radius 2 is 1.75 bits per heavy atom. The van der Waals surface area contributed by atoms with E-state index in [0.29, 0.717) is 11.8 Å². The second kappa shape index (κ2) is 8.76. The molecule has 1 heterocycles. The molecule has 36 heavy (non-hydrogen) atoms. The average Bonchev–Trinajstić information content (AvgIpc) is 3.45. The zero-order valence-corrected chi connectivity index (χ0v) is 20.2. The number of hydrogen-bond acceptors (Lipinski definition) is 4. The fraction of sp³-hybridized carbons (Fsp3) is 0.346. The number of hydrogen-bond donors (Lipinski definition) is 1. The molecule has 1 saturated carbocycles. The van der Waals surface area contributed by atoms with Crippen molar-refractivity contribution in [3.05, 3.63) is 76.9 Å². The van der Waals surface area contributed by atoms with Gasteiger partial charge in [-0.25, -0.2) is 13.9 Å². The molecule has 1 amide bonds. The summed E-state index contributed by atoms with van der Waals surface area (Å²) in [6.45, 7) is 6.02. The van der Waals surface area contributed by atoms with Crippen molar-refractivity contribution >= 4 is 17.6 Å². The lowest BCUT2D eigenvalue weighted by Gasteiger charge is -2.19. The highest BCUT2D eigenvalue weighted by atomic mass is 19.4. The molecule has 0 unspecified atom stereocenters. The molecule has 1 aliphatic carbocycles. The van der Waals surface area contributed by atoms with Crippen LogP contribution >= 0.6 is 0 Å². The van der Waals surface area contributed by atoms with Crippen LogP contribution in [0.1, 0.15) is 60.8 Å². The van der Waals surface area contributed by atoms with E-state index in [1.807, 2.05) is 26.8 Å². The Hall–Kier alpha value is -3.69. The van der Waals surface area contributed by atoms with E-state index < -0.39 is 34.8 Å². The molecule has 190 valence electrons. The maximum atomic E-state index is 14.6. The standard InChI is InChI=1S/C26H25F4N3O3/c1-24(2,3)21-9-12-33(32-21)20-8-6-16(14-17(20)22(34)36-4)31-23(35)25(10-11-25)18-7-5-15(13-19(18)27)26(28,29)30/h5-9,12-14H,10-11H2,1-4H3,(H,31,35). The van der Waals surface area contributed by atoms with Gasteiger partial charge in [0, 0.05) is 22.9 Å². The number of nitrogens with zero attached hydrogens (tertiary/aromatic N) is 2. The van der Waals surface area contributed by atoms with Gasteiger partial charge in [-0.2, -0.15) is 18.3 Å². The Morgan fingerprint density at radius 1 is 1.06 bits per heavy atom. The van der Waals surface area contributed by atoms with Crippen LogP contribution in [0.2, 0.25) is 0 Å². The summed E-state index contributed by atoms with van der Waals surface area (Å²) in [6, 6.07) is 8.62. The topological polar surface area (TPSA) is 73.2 Å². The molecule has 0 aliphatic heterocycles. The monoisotopic (exact) mass is 503 g/mol. The van der Waals surface area contributed by atoms with Gasteiger partial charge in [0.25, 0.3) is 0 Å². The summed E-state index contributed by atoms with van der Waals surface area (Å²) in [5.74, 6) is -2.31. The van der Waals surface area contributed by atoms with Crippen molar-refractivity contribution in [2.75, 3.05) is 12.4 Å².